The molecule has 4 atom stereocenters. The maximum absolute atomic E-state index is 14.8. The number of anilines is 2. The van der Waals surface area contributed by atoms with Gasteiger partial charge in [0.15, 0.2) is 5.78 Å². The Morgan fingerprint density at radius 2 is 1.79 bits per heavy atom. The molecule has 7 rings (SSSR count). The minimum atomic E-state index is -1.45. The van der Waals surface area contributed by atoms with E-state index in [1.165, 1.54) is 24.3 Å². The number of benzene rings is 3. The highest BCUT2D eigenvalue weighted by molar-refractivity contribution is 6.19. The molecule has 4 aliphatic rings. The summed E-state index contributed by atoms with van der Waals surface area (Å²) in [6, 6.07) is 16.4. The quantitative estimate of drug-likeness (QED) is 0.302. The molecule has 39 heavy (non-hydrogen) atoms. The van der Waals surface area contributed by atoms with Gasteiger partial charge in [0.1, 0.15) is 11.0 Å². The second kappa shape index (κ2) is 7.83. The van der Waals surface area contributed by atoms with Crippen molar-refractivity contribution >= 4 is 34.7 Å². The van der Waals surface area contributed by atoms with Crippen molar-refractivity contribution in [3.63, 3.8) is 0 Å². The van der Waals surface area contributed by atoms with Crippen molar-refractivity contribution in [1.29, 1.82) is 0 Å². The van der Waals surface area contributed by atoms with Crippen LogP contribution in [-0.2, 0) is 20.5 Å². The number of amides is 2. The Bertz CT molecular complexity index is 1650. The Hall–Kier alpha value is -4.37. The van der Waals surface area contributed by atoms with Gasteiger partial charge in [0, 0.05) is 40.7 Å². The number of nitrogens with one attached hydrogen (secondary N) is 2. The Balaban J connectivity index is 1.58. The molecule has 2 spiro atoms. The van der Waals surface area contributed by atoms with E-state index < -0.39 is 33.6 Å². The third-order valence-corrected chi connectivity index (χ3v) is 9.44. The van der Waals surface area contributed by atoms with Gasteiger partial charge >= 0.3 is 0 Å². The number of fused-ring (bicyclic) bond motifs is 7. The first-order valence-corrected chi connectivity index (χ1v) is 13.1. The van der Waals surface area contributed by atoms with Crippen LogP contribution < -0.4 is 10.6 Å². The zero-order valence-electron chi connectivity index (χ0n) is 21.5. The third-order valence-electron chi connectivity index (χ3n) is 9.44. The number of nitrogens with zero attached hydrogens (tertiary/aromatic N) is 2. The van der Waals surface area contributed by atoms with Crippen LogP contribution in [0, 0.1) is 29.9 Å². The van der Waals surface area contributed by atoms with Gasteiger partial charge in [0.05, 0.1) is 10.8 Å². The van der Waals surface area contributed by atoms with E-state index in [-0.39, 0.29) is 23.1 Å². The zero-order valence-corrected chi connectivity index (χ0v) is 21.5. The van der Waals surface area contributed by atoms with Gasteiger partial charge in [-0.1, -0.05) is 42.5 Å². The number of ketones is 1. The third kappa shape index (κ3) is 2.70. The van der Waals surface area contributed by atoms with Gasteiger partial charge in [-0.2, -0.15) is 0 Å². The van der Waals surface area contributed by atoms with Crippen molar-refractivity contribution in [3.8, 4) is 0 Å². The molecule has 3 aromatic rings. The molecule has 2 amide bonds. The summed E-state index contributed by atoms with van der Waals surface area (Å²) in [7, 11) is 0. The van der Waals surface area contributed by atoms with E-state index >= 15 is 0 Å². The highest BCUT2D eigenvalue weighted by Gasteiger charge is 2.78. The van der Waals surface area contributed by atoms with Crippen LogP contribution in [0.25, 0.3) is 0 Å². The average Bonchev–Trinajstić information content (AvgIpc) is 3.65. The normalized spacial score (nSPS) is 28.4. The number of para-hydroxylation sites is 1. The van der Waals surface area contributed by atoms with Crippen molar-refractivity contribution in [2.24, 2.45) is 5.92 Å². The molecule has 4 heterocycles. The van der Waals surface area contributed by atoms with E-state index in [2.05, 4.69) is 15.5 Å². The molecule has 196 valence electrons. The van der Waals surface area contributed by atoms with E-state index in [0.29, 0.717) is 35.5 Å². The summed E-state index contributed by atoms with van der Waals surface area (Å²) in [4.78, 5) is 56.6. The summed E-state index contributed by atoms with van der Waals surface area (Å²) >= 11 is 0. The zero-order chi connectivity index (χ0) is 27.3. The van der Waals surface area contributed by atoms with E-state index in [9.17, 15) is 24.5 Å². The lowest BCUT2D eigenvalue weighted by Gasteiger charge is -2.38. The lowest BCUT2D eigenvalue weighted by molar-refractivity contribution is -0.384. The Kier molecular flexibility index (Phi) is 4.76. The lowest BCUT2D eigenvalue weighted by Crippen LogP contribution is -2.55. The predicted octanol–water partition coefficient (Wildman–Crippen LogP) is 4.23. The monoisotopic (exact) mass is 522 g/mol. The first-order valence-electron chi connectivity index (χ1n) is 13.1. The summed E-state index contributed by atoms with van der Waals surface area (Å²) in [5.74, 6) is -2.26. The smallest absolute Gasteiger partial charge is 0.270 e. The number of nitro benzene ring substituents is 1. The van der Waals surface area contributed by atoms with Crippen LogP contribution in [0.1, 0.15) is 45.5 Å². The van der Waals surface area contributed by atoms with E-state index in [1.807, 2.05) is 50.2 Å². The molecule has 3 aromatic carbocycles. The standard InChI is InChI=1S/C30H26N4O5/c1-16-12-13-21-24(17(16)2)32-28(37)30(21)26(25(35)18-7-5-8-19(15-18)34(38)39)29(23-11-6-14-33(23)30)20-9-3-4-10-22(20)31-27(29)36/h3-5,7-10,12-13,15,23,26H,6,11,14H2,1-2H3,(H,31,36)(H,32,37)/t23-,26-,29-,30+/m1/s1. The van der Waals surface area contributed by atoms with Crippen molar-refractivity contribution in [1.82, 2.24) is 4.90 Å². The maximum Gasteiger partial charge on any atom is 0.270 e. The van der Waals surface area contributed by atoms with Gasteiger partial charge in [-0.25, -0.2) is 0 Å². The molecule has 4 aliphatic heterocycles. The van der Waals surface area contributed by atoms with Gasteiger partial charge in [0.2, 0.25) is 11.8 Å². The van der Waals surface area contributed by atoms with Crippen LogP contribution in [-0.4, -0.2) is 40.0 Å². The number of carbonyl (C=O) groups excluding carboxylic acids is 3. The largest absolute Gasteiger partial charge is 0.325 e. The summed E-state index contributed by atoms with van der Waals surface area (Å²) in [6.07, 6.45) is 1.41. The first-order chi connectivity index (χ1) is 18.7. The molecule has 0 saturated carbocycles. The number of rotatable bonds is 3. The minimum Gasteiger partial charge on any atom is -0.325 e. The van der Waals surface area contributed by atoms with Crippen LogP contribution in [0.2, 0.25) is 0 Å². The fourth-order valence-corrected chi connectivity index (χ4v) is 7.80. The molecular formula is C30H26N4O5. The second-order valence-electron chi connectivity index (χ2n) is 11.0. The summed E-state index contributed by atoms with van der Waals surface area (Å²) < 4.78 is 0. The highest BCUT2D eigenvalue weighted by atomic mass is 16.6. The fraction of sp³-hybridized carbons (Fsp3) is 0.300. The maximum atomic E-state index is 14.8. The fourth-order valence-electron chi connectivity index (χ4n) is 7.80. The highest BCUT2D eigenvalue weighted by Crippen LogP contribution is 2.66. The summed E-state index contributed by atoms with van der Waals surface area (Å²) in [5.41, 5.74) is 1.66. The minimum absolute atomic E-state index is 0.108. The van der Waals surface area contributed by atoms with Crippen LogP contribution in [0.4, 0.5) is 17.1 Å². The van der Waals surface area contributed by atoms with E-state index in [1.54, 1.807) is 0 Å². The van der Waals surface area contributed by atoms with Gasteiger partial charge in [0.25, 0.3) is 5.69 Å². The number of carbonyl (C=O) groups is 3. The van der Waals surface area contributed by atoms with Crippen molar-refractivity contribution in [2.45, 2.75) is 43.7 Å². The van der Waals surface area contributed by atoms with Gasteiger partial charge < -0.3 is 10.6 Å². The molecule has 2 saturated heterocycles. The lowest BCUT2D eigenvalue weighted by atomic mass is 9.60. The SMILES string of the molecule is Cc1ccc2c(c1C)NC(=O)[C@@]21[C@H](C(=O)c2cccc([N+](=O)[O-])c2)[C@]2(C(=O)Nc3ccccc32)[C@H]2CCCN21. The predicted molar refractivity (Wildman–Crippen MR) is 144 cm³/mol. The van der Waals surface area contributed by atoms with Crippen LogP contribution in [0.3, 0.4) is 0 Å². The second-order valence-corrected chi connectivity index (χ2v) is 11.0. The molecule has 9 nitrogen and oxygen atoms in total. The molecule has 0 unspecified atom stereocenters. The van der Waals surface area contributed by atoms with Crippen molar-refractivity contribution in [2.75, 3.05) is 17.2 Å². The number of non-ortho nitro benzene ring substituents is 1. The van der Waals surface area contributed by atoms with Crippen LogP contribution >= 0.6 is 0 Å². The Morgan fingerprint density at radius 3 is 2.59 bits per heavy atom. The molecule has 0 aliphatic carbocycles. The van der Waals surface area contributed by atoms with Gasteiger partial charge in [-0.3, -0.25) is 29.4 Å². The van der Waals surface area contributed by atoms with E-state index in [0.717, 1.165) is 17.5 Å². The number of aryl methyl sites for hydroxylation is 1. The Labute approximate surface area is 224 Å². The molecular weight excluding hydrogens is 496 g/mol. The van der Waals surface area contributed by atoms with Gasteiger partial charge in [-0.05, 0) is 56.0 Å². The van der Waals surface area contributed by atoms with Crippen LogP contribution in [0.15, 0.2) is 60.7 Å². The summed E-state index contributed by atoms with van der Waals surface area (Å²) in [5, 5.41) is 17.7. The molecule has 9 heteroatoms. The number of hydrogen-bond acceptors (Lipinski definition) is 6. The summed E-state index contributed by atoms with van der Waals surface area (Å²) in [6.45, 7) is 4.45. The number of nitro groups is 1. The van der Waals surface area contributed by atoms with Gasteiger partial charge in [-0.15, -0.1) is 0 Å². The first kappa shape index (κ1) is 23.7. The van der Waals surface area contributed by atoms with Crippen molar-refractivity contribution in [3.05, 3.63) is 98.6 Å². The molecule has 0 radical (unpaired) electrons. The van der Waals surface area contributed by atoms with Crippen molar-refractivity contribution < 1.29 is 19.3 Å². The average molecular weight is 523 g/mol. The molecule has 0 bridgehead atoms. The number of Topliss-reactive ketones (excluding diaryl/α,β-unsaturated/α-hetero) is 1. The Morgan fingerprint density at radius 1 is 1.00 bits per heavy atom. The van der Waals surface area contributed by atoms with E-state index in [4.69, 9.17) is 0 Å². The molecule has 2 fully saturated rings. The molecule has 2 N–H and O–H groups in total. The topological polar surface area (TPSA) is 122 Å². The molecule has 0 aromatic heterocycles. The van der Waals surface area contributed by atoms with Crippen LogP contribution in [0.5, 0.6) is 0 Å². The number of hydrogen-bond donors (Lipinski definition) is 2.